The Bertz CT molecular complexity index is 882. The zero-order valence-corrected chi connectivity index (χ0v) is 14.5. The standard InChI is InChI=1S/C17H12N2OS3/c1-2-5-12(6-3-1)14-11-23-17(18-14)22-10-13-9-15(20-19-13)16-7-4-8-21-16/h1-9,11H,10H2. The van der Waals surface area contributed by atoms with Crippen molar-refractivity contribution in [2.45, 2.75) is 10.1 Å². The normalized spacial score (nSPS) is 11.0. The lowest BCUT2D eigenvalue weighted by Gasteiger charge is -1.94. The first kappa shape index (κ1) is 14.7. The van der Waals surface area contributed by atoms with Gasteiger partial charge in [0.1, 0.15) is 0 Å². The van der Waals surface area contributed by atoms with Gasteiger partial charge in [-0.15, -0.1) is 22.7 Å². The van der Waals surface area contributed by atoms with Crippen molar-refractivity contribution in [2.24, 2.45) is 0 Å². The summed E-state index contributed by atoms with van der Waals surface area (Å²) in [7, 11) is 0. The van der Waals surface area contributed by atoms with Gasteiger partial charge in [-0.05, 0) is 11.4 Å². The maximum absolute atomic E-state index is 5.40. The molecule has 1 aromatic carbocycles. The molecule has 4 rings (SSSR count). The fraction of sp³-hybridized carbons (Fsp3) is 0.0588. The van der Waals surface area contributed by atoms with Crippen LogP contribution in [0.1, 0.15) is 5.69 Å². The van der Waals surface area contributed by atoms with E-state index in [2.05, 4.69) is 27.7 Å². The molecule has 0 atom stereocenters. The van der Waals surface area contributed by atoms with Crippen molar-refractivity contribution in [1.29, 1.82) is 0 Å². The Morgan fingerprint density at radius 3 is 2.78 bits per heavy atom. The number of thiazole rings is 1. The molecule has 0 aliphatic rings. The summed E-state index contributed by atoms with van der Waals surface area (Å²) >= 11 is 5.01. The minimum Gasteiger partial charge on any atom is -0.355 e. The number of aromatic nitrogens is 2. The number of hydrogen-bond acceptors (Lipinski definition) is 6. The van der Waals surface area contributed by atoms with Crippen LogP contribution in [0.2, 0.25) is 0 Å². The summed E-state index contributed by atoms with van der Waals surface area (Å²) in [6, 6.07) is 16.3. The maximum Gasteiger partial charge on any atom is 0.177 e. The number of hydrogen-bond donors (Lipinski definition) is 0. The van der Waals surface area contributed by atoms with Crippen LogP contribution in [0.5, 0.6) is 0 Å². The molecular formula is C17H12N2OS3. The molecule has 3 nitrogen and oxygen atoms in total. The van der Waals surface area contributed by atoms with Crippen molar-refractivity contribution in [3.05, 3.63) is 65.0 Å². The smallest absolute Gasteiger partial charge is 0.177 e. The van der Waals surface area contributed by atoms with E-state index in [0.29, 0.717) is 0 Å². The monoisotopic (exact) mass is 356 g/mol. The lowest BCUT2D eigenvalue weighted by molar-refractivity contribution is 0.427. The highest BCUT2D eigenvalue weighted by atomic mass is 32.2. The quantitative estimate of drug-likeness (QED) is 0.422. The number of benzene rings is 1. The fourth-order valence-corrected chi connectivity index (χ4v) is 4.50. The number of thiophene rings is 1. The molecule has 3 aromatic heterocycles. The molecule has 0 unspecified atom stereocenters. The van der Waals surface area contributed by atoms with E-state index in [9.17, 15) is 0 Å². The van der Waals surface area contributed by atoms with Gasteiger partial charge >= 0.3 is 0 Å². The lowest BCUT2D eigenvalue weighted by Crippen LogP contribution is -1.80. The van der Waals surface area contributed by atoms with Crippen LogP contribution in [-0.4, -0.2) is 10.1 Å². The lowest BCUT2D eigenvalue weighted by atomic mass is 10.2. The van der Waals surface area contributed by atoms with Gasteiger partial charge in [0.15, 0.2) is 10.1 Å². The Kier molecular flexibility index (Phi) is 4.28. The van der Waals surface area contributed by atoms with Crippen molar-refractivity contribution < 1.29 is 4.52 Å². The molecule has 0 amide bonds. The predicted molar refractivity (Wildman–Crippen MR) is 96.9 cm³/mol. The Labute approximate surface area is 146 Å². The molecule has 0 saturated heterocycles. The molecule has 0 N–H and O–H groups in total. The van der Waals surface area contributed by atoms with Crippen LogP contribution >= 0.6 is 34.4 Å². The number of nitrogens with zero attached hydrogens (tertiary/aromatic N) is 2. The molecule has 23 heavy (non-hydrogen) atoms. The van der Waals surface area contributed by atoms with Crippen LogP contribution in [0.3, 0.4) is 0 Å². The summed E-state index contributed by atoms with van der Waals surface area (Å²) in [5.41, 5.74) is 3.12. The van der Waals surface area contributed by atoms with Gasteiger partial charge < -0.3 is 4.52 Å². The number of thioether (sulfide) groups is 1. The van der Waals surface area contributed by atoms with Gasteiger partial charge in [0.25, 0.3) is 0 Å². The van der Waals surface area contributed by atoms with E-state index < -0.39 is 0 Å². The fourth-order valence-electron chi connectivity index (χ4n) is 2.12. The Morgan fingerprint density at radius 1 is 1.04 bits per heavy atom. The highest BCUT2D eigenvalue weighted by Gasteiger charge is 2.10. The second-order valence-corrected chi connectivity index (χ2v) is 7.84. The SMILES string of the molecule is c1ccc(-c2csc(SCc3cc(-c4cccs4)on3)n2)cc1. The predicted octanol–water partition coefficient (Wildman–Crippen LogP) is 5.82. The van der Waals surface area contributed by atoms with Gasteiger partial charge in [0, 0.05) is 22.8 Å². The summed E-state index contributed by atoms with van der Waals surface area (Å²) in [4.78, 5) is 5.78. The molecule has 0 fully saturated rings. The minimum atomic E-state index is 0.761. The van der Waals surface area contributed by atoms with E-state index in [1.165, 1.54) is 0 Å². The first-order chi connectivity index (χ1) is 11.4. The highest BCUT2D eigenvalue weighted by molar-refractivity contribution is 8.00. The summed E-state index contributed by atoms with van der Waals surface area (Å²) in [6.07, 6.45) is 0. The molecule has 0 radical (unpaired) electrons. The van der Waals surface area contributed by atoms with E-state index in [-0.39, 0.29) is 0 Å². The highest BCUT2D eigenvalue weighted by Crippen LogP contribution is 2.31. The van der Waals surface area contributed by atoms with Gasteiger partial charge in [-0.2, -0.15) is 0 Å². The summed E-state index contributed by atoms with van der Waals surface area (Å²) in [5, 5.41) is 8.27. The molecule has 0 aliphatic carbocycles. The van der Waals surface area contributed by atoms with Crippen molar-refractivity contribution in [2.75, 3.05) is 0 Å². The van der Waals surface area contributed by atoms with Gasteiger partial charge in [-0.1, -0.05) is 53.3 Å². The molecule has 4 aromatic rings. The van der Waals surface area contributed by atoms with Gasteiger partial charge in [0.05, 0.1) is 16.3 Å². The molecule has 0 saturated carbocycles. The van der Waals surface area contributed by atoms with Crippen LogP contribution in [-0.2, 0) is 5.75 Å². The molecule has 6 heteroatoms. The number of rotatable bonds is 5. The zero-order chi connectivity index (χ0) is 15.5. The summed E-state index contributed by atoms with van der Waals surface area (Å²) in [5.74, 6) is 1.59. The van der Waals surface area contributed by atoms with E-state index in [1.54, 1.807) is 34.4 Å². The Balaban J connectivity index is 1.43. The van der Waals surface area contributed by atoms with Crippen LogP contribution in [0.15, 0.2) is 68.2 Å². The Hall–Kier alpha value is -1.89. The second-order valence-electron chi connectivity index (χ2n) is 4.81. The van der Waals surface area contributed by atoms with Crippen LogP contribution in [0, 0.1) is 0 Å². The minimum absolute atomic E-state index is 0.761. The molecular weight excluding hydrogens is 344 g/mol. The maximum atomic E-state index is 5.40. The second kappa shape index (κ2) is 6.70. The zero-order valence-electron chi connectivity index (χ0n) is 12.0. The van der Waals surface area contributed by atoms with Crippen LogP contribution < -0.4 is 0 Å². The third-order valence-corrected chi connectivity index (χ3v) is 6.16. The molecule has 0 aliphatic heterocycles. The third kappa shape index (κ3) is 3.39. The molecule has 3 heterocycles. The third-order valence-electron chi connectivity index (χ3n) is 3.22. The molecule has 0 bridgehead atoms. The van der Waals surface area contributed by atoms with E-state index in [0.717, 1.165) is 37.7 Å². The van der Waals surface area contributed by atoms with Crippen molar-refractivity contribution in [3.63, 3.8) is 0 Å². The van der Waals surface area contributed by atoms with E-state index in [4.69, 9.17) is 4.52 Å². The topological polar surface area (TPSA) is 38.9 Å². The first-order valence-corrected chi connectivity index (χ1v) is 9.76. The summed E-state index contributed by atoms with van der Waals surface area (Å²) < 4.78 is 6.45. The largest absolute Gasteiger partial charge is 0.355 e. The van der Waals surface area contributed by atoms with E-state index >= 15 is 0 Å². The first-order valence-electron chi connectivity index (χ1n) is 7.02. The Morgan fingerprint density at radius 2 is 1.96 bits per heavy atom. The van der Waals surface area contributed by atoms with Gasteiger partial charge in [-0.3, -0.25) is 0 Å². The van der Waals surface area contributed by atoms with Crippen molar-refractivity contribution >= 4 is 34.4 Å². The van der Waals surface area contributed by atoms with Crippen LogP contribution in [0.4, 0.5) is 0 Å². The summed E-state index contributed by atoms with van der Waals surface area (Å²) in [6.45, 7) is 0. The van der Waals surface area contributed by atoms with Crippen LogP contribution in [0.25, 0.3) is 21.9 Å². The molecule has 114 valence electrons. The average Bonchev–Trinajstić information content (AvgIpc) is 3.33. The van der Waals surface area contributed by atoms with Gasteiger partial charge in [0.2, 0.25) is 0 Å². The average molecular weight is 356 g/mol. The van der Waals surface area contributed by atoms with Crippen molar-refractivity contribution in [1.82, 2.24) is 10.1 Å². The van der Waals surface area contributed by atoms with Gasteiger partial charge in [-0.25, -0.2) is 4.98 Å². The molecule has 0 spiro atoms. The van der Waals surface area contributed by atoms with Crippen molar-refractivity contribution in [3.8, 4) is 21.9 Å². The van der Waals surface area contributed by atoms with E-state index in [1.807, 2.05) is 41.8 Å².